The SMILES string of the molecule is COC(=O)c1csc(CN(C(=O)c2cccc3ccccc23)C(C)C)n1. The smallest absolute Gasteiger partial charge is 0.357 e. The first-order valence-corrected chi connectivity index (χ1v) is 9.20. The molecule has 0 atom stereocenters. The minimum absolute atomic E-state index is 0.00746. The molecule has 0 N–H and O–H groups in total. The molecule has 1 amide bonds. The van der Waals surface area contributed by atoms with Crippen LogP contribution in [0.3, 0.4) is 0 Å². The Kier molecular flexibility index (Phi) is 5.32. The van der Waals surface area contributed by atoms with Crippen molar-refractivity contribution >= 4 is 34.0 Å². The Hall–Kier alpha value is -2.73. The minimum Gasteiger partial charge on any atom is -0.464 e. The second-order valence-electron chi connectivity index (χ2n) is 6.17. The highest BCUT2D eigenvalue weighted by Gasteiger charge is 2.22. The van der Waals surface area contributed by atoms with E-state index < -0.39 is 5.97 Å². The lowest BCUT2D eigenvalue weighted by Crippen LogP contribution is -2.36. The molecule has 2 aromatic carbocycles. The highest BCUT2D eigenvalue weighted by atomic mass is 32.1. The van der Waals surface area contributed by atoms with Crippen molar-refractivity contribution in [1.82, 2.24) is 9.88 Å². The molecule has 0 aliphatic carbocycles. The molecule has 0 radical (unpaired) electrons. The molecule has 0 spiro atoms. The summed E-state index contributed by atoms with van der Waals surface area (Å²) in [7, 11) is 1.33. The summed E-state index contributed by atoms with van der Waals surface area (Å²) in [4.78, 5) is 30.9. The van der Waals surface area contributed by atoms with E-state index in [0.717, 1.165) is 10.8 Å². The third kappa shape index (κ3) is 3.60. The van der Waals surface area contributed by atoms with Gasteiger partial charge in [0.1, 0.15) is 5.01 Å². The molecule has 0 saturated heterocycles. The van der Waals surface area contributed by atoms with Crippen LogP contribution in [0.5, 0.6) is 0 Å². The average Bonchev–Trinajstić information content (AvgIpc) is 3.13. The number of benzene rings is 2. The number of rotatable bonds is 5. The number of methoxy groups -OCH3 is 1. The van der Waals surface area contributed by atoms with E-state index >= 15 is 0 Å². The van der Waals surface area contributed by atoms with Crippen LogP contribution < -0.4 is 0 Å². The van der Waals surface area contributed by atoms with E-state index in [1.807, 2.05) is 56.3 Å². The maximum absolute atomic E-state index is 13.2. The average molecular weight is 368 g/mol. The van der Waals surface area contributed by atoms with Crippen LogP contribution in [0.25, 0.3) is 10.8 Å². The fourth-order valence-corrected chi connectivity index (χ4v) is 3.54. The van der Waals surface area contributed by atoms with Gasteiger partial charge in [-0.05, 0) is 30.7 Å². The van der Waals surface area contributed by atoms with Gasteiger partial charge in [0.15, 0.2) is 5.69 Å². The van der Waals surface area contributed by atoms with Crippen LogP contribution >= 0.6 is 11.3 Å². The van der Waals surface area contributed by atoms with Crippen LogP contribution in [-0.2, 0) is 11.3 Å². The summed E-state index contributed by atoms with van der Waals surface area (Å²) < 4.78 is 4.69. The first kappa shape index (κ1) is 18.1. The molecule has 0 bridgehead atoms. The highest BCUT2D eigenvalue weighted by molar-refractivity contribution is 7.09. The summed E-state index contributed by atoms with van der Waals surface area (Å²) >= 11 is 1.35. The number of hydrogen-bond donors (Lipinski definition) is 0. The number of thiazole rings is 1. The Morgan fingerprint density at radius 3 is 2.62 bits per heavy atom. The zero-order valence-corrected chi connectivity index (χ0v) is 15.7. The molecular weight excluding hydrogens is 348 g/mol. The van der Waals surface area contributed by atoms with E-state index in [1.165, 1.54) is 18.4 Å². The summed E-state index contributed by atoms with van der Waals surface area (Å²) in [6.07, 6.45) is 0. The van der Waals surface area contributed by atoms with Gasteiger partial charge in [0.2, 0.25) is 0 Å². The van der Waals surface area contributed by atoms with Crippen molar-refractivity contribution in [3.05, 3.63) is 64.1 Å². The minimum atomic E-state index is -0.469. The topological polar surface area (TPSA) is 59.5 Å². The molecule has 5 nitrogen and oxygen atoms in total. The van der Waals surface area contributed by atoms with E-state index in [9.17, 15) is 9.59 Å². The lowest BCUT2D eigenvalue weighted by molar-refractivity contribution is 0.0594. The van der Waals surface area contributed by atoms with E-state index in [4.69, 9.17) is 4.74 Å². The standard InChI is InChI=1S/C20H20N2O3S/c1-13(2)22(11-18-21-17(12-26-18)20(24)25-3)19(23)16-10-6-8-14-7-4-5-9-15(14)16/h4-10,12-13H,11H2,1-3H3. The quantitative estimate of drug-likeness (QED) is 0.635. The molecule has 0 saturated carbocycles. The zero-order chi connectivity index (χ0) is 18.7. The van der Waals surface area contributed by atoms with E-state index in [2.05, 4.69) is 4.98 Å². The van der Waals surface area contributed by atoms with Gasteiger partial charge in [-0.1, -0.05) is 36.4 Å². The van der Waals surface area contributed by atoms with Crippen LogP contribution in [0, 0.1) is 0 Å². The summed E-state index contributed by atoms with van der Waals surface area (Å²) in [6, 6.07) is 13.6. The maximum Gasteiger partial charge on any atom is 0.357 e. The Balaban J connectivity index is 1.91. The van der Waals surface area contributed by atoms with E-state index in [1.54, 1.807) is 10.3 Å². The normalized spacial score (nSPS) is 10.9. The largest absolute Gasteiger partial charge is 0.464 e. The second-order valence-corrected chi connectivity index (χ2v) is 7.11. The number of amides is 1. The van der Waals surface area contributed by atoms with Crippen LogP contribution in [0.2, 0.25) is 0 Å². The molecule has 1 aromatic heterocycles. The van der Waals surface area contributed by atoms with Crippen molar-refractivity contribution in [3.8, 4) is 0 Å². The summed E-state index contributed by atoms with van der Waals surface area (Å²) in [5, 5.41) is 4.32. The third-order valence-electron chi connectivity index (χ3n) is 4.16. The molecule has 3 aromatic rings. The van der Waals surface area contributed by atoms with Crippen molar-refractivity contribution < 1.29 is 14.3 Å². The number of carbonyl (C=O) groups is 2. The third-order valence-corrected chi connectivity index (χ3v) is 4.99. The van der Waals surface area contributed by atoms with Gasteiger partial charge in [-0.2, -0.15) is 0 Å². The van der Waals surface area contributed by atoms with Gasteiger partial charge in [0.25, 0.3) is 5.91 Å². The van der Waals surface area contributed by atoms with E-state index in [0.29, 0.717) is 17.1 Å². The van der Waals surface area contributed by atoms with Gasteiger partial charge >= 0.3 is 5.97 Å². The van der Waals surface area contributed by atoms with Gasteiger partial charge < -0.3 is 9.64 Å². The van der Waals surface area contributed by atoms with Crippen molar-refractivity contribution in [2.24, 2.45) is 0 Å². The van der Waals surface area contributed by atoms with Gasteiger partial charge in [-0.15, -0.1) is 11.3 Å². The van der Waals surface area contributed by atoms with Crippen LogP contribution in [0.1, 0.15) is 39.7 Å². The molecule has 1 heterocycles. The number of ether oxygens (including phenoxy) is 1. The second kappa shape index (κ2) is 7.66. The molecule has 26 heavy (non-hydrogen) atoms. The summed E-state index contributed by atoms with van der Waals surface area (Å²) in [5.74, 6) is -0.518. The van der Waals surface area contributed by atoms with Gasteiger partial charge in [0.05, 0.1) is 13.7 Å². The number of aromatic nitrogens is 1. The monoisotopic (exact) mass is 368 g/mol. The van der Waals surface area contributed by atoms with Crippen LogP contribution in [-0.4, -0.2) is 34.9 Å². The van der Waals surface area contributed by atoms with Crippen molar-refractivity contribution in [2.45, 2.75) is 26.4 Å². The first-order valence-electron chi connectivity index (χ1n) is 8.32. The predicted molar refractivity (Wildman–Crippen MR) is 102 cm³/mol. The van der Waals surface area contributed by atoms with Gasteiger partial charge in [0, 0.05) is 17.0 Å². The molecule has 0 fully saturated rings. The van der Waals surface area contributed by atoms with Crippen molar-refractivity contribution in [1.29, 1.82) is 0 Å². The Morgan fingerprint density at radius 1 is 1.15 bits per heavy atom. The van der Waals surface area contributed by atoms with Crippen molar-refractivity contribution in [2.75, 3.05) is 7.11 Å². The highest BCUT2D eigenvalue weighted by Crippen LogP contribution is 2.23. The lowest BCUT2D eigenvalue weighted by atomic mass is 10.0. The van der Waals surface area contributed by atoms with Crippen molar-refractivity contribution in [3.63, 3.8) is 0 Å². The van der Waals surface area contributed by atoms with Gasteiger partial charge in [-0.25, -0.2) is 9.78 Å². The summed E-state index contributed by atoms with van der Waals surface area (Å²) in [5.41, 5.74) is 0.940. The maximum atomic E-state index is 13.2. The molecule has 0 aliphatic rings. The number of fused-ring (bicyclic) bond motifs is 1. The molecular formula is C20H20N2O3S. The number of nitrogens with zero attached hydrogens (tertiary/aromatic N) is 2. The van der Waals surface area contributed by atoms with Crippen LogP contribution in [0.4, 0.5) is 0 Å². The number of hydrogen-bond acceptors (Lipinski definition) is 5. The lowest BCUT2D eigenvalue weighted by Gasteiger charge is -2.26. The predicted octanol–water partition coefficient (Wildman–Crippen LogP) is 4.13. The summed E-state index contributed by atoms with van der Waals surface area (Å²) in [6.45, 7) is 4.29. The molecule has 3 rings (SSSR count). The number of esters is 1. The Labute approximate surface area is 156 Å². The molecule has 0 aliphatic heterocycles. The molecule has 0 unspecified atom stereocenters. The van der Waals surface area contributed by atoms with Crippen LogP contribution in [0.15, 0.2) is 47.8 Å². The molecule has 134 valence electrons. The zero-order valence-electron chi connectivity index (χ0n) is 14.9. The fraction of sp³-hybridized carbons (Fsp3) is 0.250. The van der Waals surface area contributed by atoms with E-state index in [-0.39, 0.29) is 17.6 Å². The Morgan fingerprint density at radius 2 is 1.88 bits per heavy atom. The first-order chi connectivity index (χ1) is 12.5. The molecule has 6 heteroatoms. The fourth-order valence-electron chi connectivity index (χ4n) is 2.78. The van der Waals surface area contributed by atoms with Gasteiger partial charge in [-0.3, -0.25) is 4.79 Å². The Bertz CT molecular complexity index is 944. The number of carbonyl (C=O) groups excluding carboxylic acids is 2.